The molecule has 106 valence electrons. The highest BCUT2D eigenvalue weighted by atomic mass is 16.1. The van der Waals surface area contributed by atoms with E-state index < -0.39 is 0 Å². The second-order valence-corrected chi connectivity index (χ2v) is 4.69. The third-order valence-corrected chi connectivity index (χ3v) is 3.22. The van der Waals surface area contributed by atoms with Crippen LogP contribution in [-0.4, -0.2) is 20.5 Å². The zero-order valence-corrected chi connectivity index (χ0v) is 11.6. The molecule has 0 aliphatic carbocycles. The van der Waals surface area contributed by atoms with Gasteiger partial charge in [0.05, 0.1) is 5.56 Å². The fraction of sp³-hybridized carbons (Fsp3) is 0.133. The Bertz CT molecular complexity index is 791. The maximum atomic E-state index is 12.3. The summed E-state index contributed by atoms with van der Waals surface area (Å²) >= 11 is 0. The van der Waals surface area contributed by atoms with Crippen molar-refractivity contribution >= 4 is 22.9 Å². The summed E-state index contributed by atoms with van der Waals surface area (Å²) in [6.07, 6.45) is 2.50. The van der Waals surface area contributed by atoms with Gasteiger partial charge >= 0.3 is 0 Å². The van der Waals surface area contributed by atoms with Crippen LogP contribution in [0, 0.1) is 0 Å². The van der Waals surface area contributed by atoms with Crippen LogP contribution in [-0.2, 0) is 6.42 Å². The lowest BCUT2D eigenvalue weighted by molar-refractivity contribution is 0.102. The van der Waals surface area contributed by atoms with E-state index in [2.05, 4.69) is 15.5 Å². The van der Waals surface area contributed by atoms with Gasteiger partial charge in [-0.15, -0.1) is 10.2 Å². The summed E-state index contributed by atoms with van der Waals surface area (Å²) in [4.78, 5) is 12.3. The van der Waals surface area contributed by atoms with Gasteiger partial charge in [0.25, 0.3) is 5.91 Å². The highest BCUT2D eigenvalue weighted by Crippen LogP contribution is 2.13. The van der Waals surface area contributed by atoms with Gasteiger partial charge < -0.3 is 11.1 Å². The normalized spacial score (nSPS) is 10.7. The van der Waals surface area contributed by atoms with Crippen LogP contribution in [0.2, 0.25) is 0 Å². The van der Waals surface area contributed by atoms with Gasteiger partial charge in [0.2, 0.25) is 0 Å². The van der Waals surface area contributed by atoms with E-state index in [1.54, 1.807) is 42.6 Å². The number of anilines is 2. The largest absolute Gasteiger partial charge is 0.399 e. The lowest BCUT2D eigenvalue weighted by Crippen LogP contribution is -2.12. The van der Waals surface area contributed by atoms with Crippen molar-refractivity contribution < 1.29 is 4.79 Å². The van der Waals surface area contributed by atoms with Crippen LogP contribution in [0.3, 0.4) is 0 Å². The van der Waals surface area contributed by atoms with Crippen molar-refractivity contribution in [2.45, 2.75) is 13.3 Å². The maximum Gasteiger partial charge on any atom is 0.257 e. The second-order valence-electron chi connectivity index (χ2n) is 4.69. The third-order valence-electron chi connectivity index (χ3n) is 3.22. The topological polar surface area (TPSA) is 85.3 Å². The molecule has 6 nitrogen and oxygen atoms in total. The third kappa shape index (κ3) is 2.55. The van der Waals surface area contributed by atoms with Crippen LogP contribution >= 0.6 is 0 Å². The molecule has 2 heterocycles. The molecule has 0 unspecified atom stereocenters. The number of nitrogens with two attached hydrogens (primary N) is 1. The molecule has 0 aliphatic heterocycles. The number of hydrogen-bond acceptors (Lipinski definition) is 4. The summed E-state index contributed by atoms with van der Waals surface area (Å²) in [6, 6.07) is 10.5. The molecule has 0 aliphatic rings. The molecule has 0 bridgehead atoms. The van der Waals surface area contributed by atoms with Gasteiger partial charge in [-0.1, -0.05) is 6.92 Å². The first-order valence-electron chi connectivity index (χ1n) is 6.68. The summed E-state index contributed by atoms with van der Waals surface area (Å²) < 4.78 is 1.83. The van der Waals surface area contributed by atoms with Crippen LogP contribution < -0.4 is 11.1 Å². The number of nitrogen functional groups attached to an aromatic ring is 1. The molecule has 3 rings (SSSR count). The average Bonchev–Trinajstić information content (AvgIpc) is 2.91. The Hall–Kier alpha value is -2.89. The van der Waals surface area contributed by atoms with Crippen molar-refractivity contribution in [3.63, 3.8) is 0 Å². The van der Waals surface area contributed by atoms with Gasteiger partial charge in [0.15, 0.2) is 5.65 Å². The molecule has 0 fully saturated rings. The van der Waals surface area contributed by atoms with Crippen LogP contribution in [0.25, 0.3) is 5.65 Å². The van der Waals surface area contributed by atoms with Gasteiger partial charge in [0.1, 0.15) is 5.82 Å². The molecule has 1 aromatic carbocycles. The molecule has 1 amide bonds. The summed E-state index contributed by atoms with van der Waals surface area (Å²) in [5.41, 5.74) is 8.26. The number of rotatable bonds is 3. The van der Waals surface area contributed by atoms with E-state index in [0.29, 0.717) is 16.9 Å². The van der Waals surface area contributed by atoms with Crippen molar-refractivity contribution in [2.75, 3.05) is 11.1 Å². The predicted octanol–water partition coefficient (Wildman–Crippen LogP) is 2.13. The van der Waals surface area contributed by atoms with Crippen LogP contribution in [0.15, 0.2) is 42.6 Å². The summed E-state index contributed by atoms with van der Waals surface area (Å²) in [7, 11) is 0. The van der Waals surface area contributed by atoms with Crippen molar-refractivity contribution in [1.29, 1.82) is 0 Å². The van der Waals surface area contributed by atoms with Gasteiger partial charge in [-0.2, -0.15) is 0 Å². The van der Waals surface area contributed by atoms with Crippen LogP contribution in [0.1, 0.15) is 23.1 Å². The van der Waals surface area contributed by atoms with E-state index in [9.17, 15) is 4.79 Å². The van der Waals surface area contributed by atoms with E-state index in [-0.39, 0.29) is 5.91 Å². The summed E-state index contributed by atoms with van der Waals surface area (Å²) in [5.74, 6) is 0.643. The number of carbonyl (C=O) groups excluding carboxylic acids is 1. The number of amides is 1. The maximum absolute atomic E-state index is 12.3. The van der Waals surface area contributed by atoms with E-state index in [1.165, 1.54) is 0 Å². The number of aromatic nitrogens is 3. The molecule has 0 spiro atoms. The van der Waals surface area contributed by atoms with Crippen LogP contribution in [0.5, 0.6) is 0 Å². The molecule has 3 aromatic rings. The van der Waals surface area contributed by atoms with E-state index in [1.807, 2.05) is 11.3 Å². The van der Waals surface area contributed by atoms with Gasteiger partial charge in [-0.3, -0.25) is 9.20 Å². The van der Waals surface area contributed by atoms with Crippen molar-refractivity contribution in [3.05, 3.63) is 54.0 Å². The minimum absolute atomic E-state index is 0.183. The monoisotopic (exact) mass is 281 g/mol. The lowest BCUT2D eigenvalue weighted by atomic mass is 10.2. The molecule has 0 radical (unpaired) electrons. The number of fused-ring (bicyclic) bond motifs is 1. The Morgan fingerprint density at radius 3 is 2.67 bits per heavy atom. The van der Waals surface area contributed by atoms with E-state index in [0.717, 1.165) is 17.9 Å². The zero-order valence-electron chi connectivity index (χ0n) is 11.6. The van der Waals surface area contributed by atoms with Gasteiger partial charge in [-0.05, 0) is 36.4 Å². The first kappa shape index (κ1) is 13.1. The molecule has 0 saturated heterocycles. The first-order valence-corrected chi connectivity index (χ1v) is 6.68. The Morgan fingerprint density at radius 1 is 1.19 bits per heavy atom. The smallest absolute Gasteiger partial charge is 0.257 e. The Kier molecular flexibility index (Phi) is 3.27. The van der Waals surface area contributed by atoms with E-state index in [4.69, 9.17) is 5.73 Å². The first-order chi connectivity index (χ1) is 10.2. The Labute approximate surface area is 121 Å². The number of pyridine rings is 1. The highest BCUT2D eigenvalue weighted by Gasteiger charge is 2.10. The predicted molar refractivity (Wildman–Crippen MR) is 81.2 cm³/mol. The molecule has 0 saturated carbocycles. The minimum atomic E-state index is -0.183. The number of hydrogen-bond donors (Lipinski definition) is 2. The number of carbonyl (C=O) groups is 1. The zero-order chi connectivity index (χ0) is 14.8. The lowest BCUT2D eigenvalue weighted by Gasteiger charge is -2.06. The summed E-state index contributed by atoms with van der Waals surface area (Å²) in [5, 5.41) is 11.0. The standard InChI is InChI=1S/C15H15N5O/c1-2-13-18-19-14-8-3-10(9-20(13)14)15(21)17-12-6-4-11(16)5-7-12/h3-9H,2,16H2,1H3,(H,17,21). The molecule has 3 N–H and O–H groups in total. The van der Waals surface area contributed by atoms with Crippen molar-refractivity contribution in [2.24, 2.45) is 0 Å². The molecular weight excluding hydrogens is 266 g/mol. The quantitative estimate of drug-likeness (QED) is 0.720. The number of benzene rings is 1. The number of nitrogens with one attached hydrogen (secondary N) is 1. The Morgan fingerprint density at radius 2 is 1.95 bits per heavy atom. The van der Waals surface area contributed by atoms with E-state index >= 15 is 0 Å². The molecule has 21 heavy (non-hydrogen) atoms. The molecular formula is C15H15N5O. The molecule has 2 aromatic heterocycles. The fourth-order valence-corrected chi connectivity index (χ4v) is 2.08. The second kappa shape index (κ2) is 5.24. The highest BCUT2D eigenvalue weighted by molar-refractivity contribution is 6.04. The summed E-state index contributed by atoms with van der Waals surface area (Å²) in [6.45, 7) is 2.00. The van der Waals surface area contributed by atoms with Gasteiger partial charge in [-0.25, -0.2) is 0 Å². The molecule has 6 heteroatoms. The Balaban J connectivity index is 1.88. The SMILES string of the molecule is CCc1nnc2ccc(C(=O)Nc3ccc(N)cc3)cn12. The van der Waals surface area contributed by atoms with Crippen molar-refractivity contribution in [3.8, 4) is 0 Å². The minimum Gasteiger partial charge on any atom is -0.399 e. The van der Waals surface area contributed by atoms with Crippen molar-refractivity contribution in [1.82, 2.24) is 14.6 Å². The van der Waals surface area contributed by atoms with Crippen LogP contribution in [0.4, 0.5) is 11.4 Å². The van der Waals surface area contributed by atoms with Gasteiger partial charge in [0, 0.05) is 24.0 Å². The fourth-order valence-electron chi connectivity index (χ4n) is 2.08. The number of nitrogens with zero attached hydrogens (tertiary/aromatic N) is 3. The average molecular weight is 281 g/mol. The molecule has 0 atom stereocenters. The number of aryl methyl sites for hydroxylation is 1.